The Labute approximate surface area is 118 Å². The molecule has 0 spiro atoms. The van der Waals surface area contributed by atoms with Crippen LogP contribution in [0.4, 0.5) is 5.69 Å². The standard InChI is InChI=1S/C15H20N2O3/c1-3-4-5-8-16-15(19)11-6-7-13-12(9-11)17(2)14(18)10-20-13/h6-7,9H,3-5,8,10H2,1-2H3,(H,16,19). The average Bonchev–Trinajstić information content (AvgIpc) is 2.47. The number of rotatable bonds is 5. The molecule has 0 saturated heterocycles. The summed E-state index contributed by atoms with van der Waals surface area (Å²) in [5.41, 5.74) is 1.19. The number of unbranched alkanes of at least 4 members (excludes halogenated alkanes) is 2. The first-order valence-electron chi connectivity index (χ1n) is 6.95. The van der Waals surface area contributed by atoms with Crippen LogP contribution in [-0.2, 0) is 4.79 Å². The maximum atomic E-state index is 12.0. The minimum absolute atomic E-state index is 0.0477. The molecule has 1 heterocycles. The molecule has 5 heteroatoms. The lowest BCUT2D eigenvalue weighted by Gasteiger charge is -2.26. The second-order valence-corrected chi connectivity index (χ2v) is 4.89. The molecule has 1 aliphatic rings. The molecule has 0 fully saturated rings. The maximum Gasteiger partial charge on any atom is 0.264 e. The van der Waals surface area contributed by atoms with E-state index in [0.717, 1.165) is 19.3 Å². The zero-order valence-corrected chi connectivity index (χ0v) is 11.9. The van der Waals surface area contributed by atoms with Crippen molar-refractivity contribution in [2.75, 3.05) is 25.1 Å². The number of benzene rings is 1. The largest absolute Gasteiger partial charge is 0.482 e. The van der Waals surface area contributed by atoms with E-state index in [1.54, 1.807) is 25.2 Å². The van der Waals surface area contributed by atoms with Crippen molar-refractivity contribution in [1.82, 2.24) is 5.32 Å². The van der Waals surface area contributed by atoms with Crippen molar-refractivity contribution >= 4 is 17.5 Å². The lowest BCUT2D eigenvalue weighted by atomic mass is 10.1. The lowest BCUT2D eigenvalue weighted by Crippen LogP contribution is -2.35. The maximum absolute atomic E-state index is 12.0. The normalized spacial score (nSPS) is 13.7. The molecule has 1 aromatic rings. The van der Waals surface area contributed by atoms with E-state index < -0.39 is 0 Å². The first-order valence-corrected chi connectivity index (χ1v) is 6.95. The summed E-state index contributed by atoms with van der Waals surface area (Å²) in [6.07, 6.45) is 3.21. The quantitative estimate of drug-likeness (QED) is 0.836. The molecule has 0 atom stereocenters. The summed E-state index contributed by atoms with van der Waals surface area (Å²) in [6, 6.07) is 5.15. The highest BCUT2D eigenvalue weighted by Gasteiger charge is 2.23. The van der Waals surface area contributed by atoms with Crippen molar-refractivity contribution in [2.45, 2.75) is 26.2 Å². The van der Waals surface area contributed by atoms with E-state index in [0.29, 0.717) is 23.5 Å². The number of likely N-dealkylation sites (N-methyl/N-ethyl adjacent to an activating group) is 1. The van der Waals surface area contributed by atoms with Gasteiger partial charge in [-0.2, -0.15) is 0 Å². The van der Waals surface area contributed by atoms with Gasteiger partial charge < -0.3 is 15.0 Å². The summed E-state index contributed by atoms with van der Waals surface area (Å²) in [5, 5.41) is 2.88. The van der Waals surface area contributed by atoms with Crippen LogP contribution in [0.5, 0.6) is 5.75 Å². The van der Waals surface area contributed by atoms with E-state index in [1.165, 1.54) is 4.90 Å². The van der Waals surface area contributed by atoms with E-state index in [1.807, 2.05) is 0 Å². The van der Waals surface area contributed by atoms with Gasteiger partial charge in [-0.15, -0.1) is 0 Å². The van der Waals surface area contributed by atoms with Gasteiger partial charge in [-0.1, -0.05) is 19.8 Å². The van der Waals surface area contributed by atoms with Crippen LogP contribution in [0, 0.1) is 0 Å². The topological polar surface area (TPSA) is 58.6 Å². The summed E-state index contributed by atoms with van der Waals surface area (Å²) < 4.78 is 5.33. The zero-order valence-electron chi connectivity index (χ0n) is 11.9. The minimum Gasteiger partial charge on any atom is -0.482 e. The van der Waals surface area contributed by atoms with Crippen LogP contribution in [0.25, 0.3) is 0 Å². The highest BCUT2D eigenvalue weighted by atomic mass is 16.5. The van der Waals surface area contributed by atoms with Crippen LogP contribution in [0.15, 0.2) is 18.2 Å². The zero-order chi connectivity index (χ0) is 14.5. The molecule has 2 rings (SSSR count). The summed E-state index contributed by atoms with van der Waals surface area (Å²) in [7, 11) is 1.69. The second kappa shape index (κ2) is 6.41. The lowest BCUT2D eigenvalue weighted by molar-refractivity contribution is -0.120. The second-order valence-electron chi connectivity index (χ2n) is 4.89. The van der Waals surface area contributed by atoms with Crippen molar-refractivity contribution in [3.8, 4) is 5.75 Å². The number of carbonyl (C=O) groups is 2. The number of hydrogen-bond donors (Lipinski definition) is 1. The molecule has 0 saturated carbocycles. The molecule has 0 unspecified atom stereocenters. The number of amides is 2. The smallest absolute Gasteiger partial charge is 0.264 e. The van der Waals surface area contributed by atoms with E-state index in [2.05, 4.69) is 12.2 Å². The monoisotopic (exact) mass is 276 g/mol. The molecule has 108 valence electrons. The average molecular weight is 276 g/mol. The van der Waals surface area contributed by atoms with Crippen molar-refractivity contribution in [3.63, 3.8) is 0 Å². The SMILES string of the molecule is CCCCCNC(=O)c1ccc2c(c1)N(C)C(=O)CO2. The predicted molar refractivity (Wildman–Crippen MR) is 77.2 cm³/mol. The summed E-state index contributed by atoms with van der Waals surface area (Å²) in [6.45, 7) is 2.85. The van der Waals surface area contributed by atoms with Gasteiger partial charge in [0.2, 0.25) is 0 Å². The highest BCUT2D eigenvalue weighted by molar-refractivity contribution is 6.00. The van der Waals surface area contributed by atoms with Crippen molar-refractivity contribution < 1.29 is 14.3 Å². The third-order valence-corrected chi connectivity index (χ3v) is 3.37. The number of nitrogens with one attached hydrogen (secondary N) is 1. The number of carbonyl (C=O) groups excluding carboxylic acids is 2. The molecule has 0 radical (unpaired) electrons. The molecule has 5 nitrogen and oxygen atoms in total. The van der Waals surface area contributed by atoms with E-state index >= 15 is 0 Å². The molecule has 2 amide bonds. The molecule has 20 heavy (non-hydrogen) atoms. The number of fused-ring (bicyclic) bond motifs is 1. The summed E-state index contributed by atoms with van der Waals surface area (Å²) in [4.78, 5) is 25.1. The molecule has 0 aliphatic carbocycles. The fraction of sp³-hybridized carbons (Fsp3) is 0.467. The Kier molecular flexibility index (Phi) is 4.61. The molecule has 0 bridgehead atoms. The Morgan fingerprint density at radius 1 is 1.40 bits per heavy atom. The van der Waals surface area contributed by atoms with Crippen molar-refractivity contribution in [2.24, 2.45) is 0 Å². The van der Waals surface area contributed by atoms with Gasteiger partial charge in [-0.05, 0) is 24.6 Å². The van der Waals surface area contributed by atoms with Crippen molar-refractivity contribution in [3.05, 3.63) is 23.8 Å². The third-order valence-electron chi connectivity index (χ3n) is 3.37. The Morgan fingerprint density at radius 2 is 2.20 bits per heavy atom. The van der Waals surface area contributed by atoms with Crippen LogP contribution < -0.4 is 15.0 Å². The first-order chi connectivity index (χ1) is 9.63. The van der Waals surface area contributed by atoms with Gasteiger partial charge in [0, 0.05) is 19.2 Å². The minimum atomic E-state index is -0.115. The number of ether oxygens (including phenoxy) is 1. The fourth-order valence-electron chi connectivity index (χ4n) is 2.09. The van der Waals surface area contributed by atoms with Crippen LogP contribution >= 0.6 is 0 Å². The Balaban J connectivity index is 2.06. The van der Waals surface area contributed by atoms with Gasteiger partial charge in [0.15, 0.2) is 6.61 Å². The van der Waals surface area contributed by atoms with Gasteiger partial charge >= 0.3 is 0 Å². The number of hydrogen-bond acceptors (Lipinski definition) is 3. The predicted octanol–water partition coefficient (Wildman–Crippen LogP) is 1.96. The van der Waals surface area contributed by atoms with E-state index in [-0.39, 0.29) is 18.4 Å². The molecule has 1 N–H and O–H groups in total. The van der Waals surface area contributed by atoms with E-state index in [9.17, 15) is 9.59 Å². The van der Waals surface area contributed by atoms with Crippen LogP contribution in [0.3, 0.4) is 0 Å². The highest BCUT2D eigenvalue weighted by Crippen LogP contribution is 2.31. The number of nitrogens with zero attached hydrogens (tertiary/aromatic N) is 1. The van der Waals surface area contributed by atoms with Crippen LogP contribution in [0.2, 0.25) is 0 Å². The molecule has 0 aromatic heterocycles. The molecule has 1 aliphatic heterocycles. The van der Waals surface area contributed by atoms with Crippen LogP contribution in [0.1, 0.15) is 36.5 Å². The summed E-state index contributed by atoms with van der Waals surface area (Å²) >= 11 is 0. The van der Waals surface area contributed by atoms with Gasteiger partial charge in [0.25, 0.3) is 11.8 Å². The Morgan fingerprint density at radius 3 is 2.95 bits per heavy atom. The van der Waals surface area contributed by atoms with Gasteiger partial charge in [0.05, 0.1) is 5.69 Å². The third kappa shape index (κ3) is 3.10. The summed E-state index contributed by atoms with van der Waals surface area (Å²) in [5.74, 6) is 0.406. The Hall–Kier alpha value is -2.04. The molecular formula is C15H20N2O3. The fourth-order valence-corrected chi connectivity index (χ4v) is 2.09. The van der Waals surface area contributed by atoms with Crippen LogP contribution in [-0.4, -0.2) is 32.0 Å². The van der Waals surface area contributed by atoms with Gasteiger partial charge in [0.1, 0.15) is 5.75 Å². The molecule has 1 aromatic carbocycles. The van der Waals surface area contributed by atoms with Gasteiger partial charge in [-0.3, -0.25) is 9.59 Å². The van der Waals surface area contributed by atoms with Crippen molar-refractivity contribution in [1.29, 1.82) is 0 Å². The first kappa shape index (κ1) is 14.4. The van der Waals surface area contributed by atoms with Gasteiger partial charge in [-0.25, -0.2) is 0 Å². The van der Waals surface area contributed by atoms with E-state index in [4.69, 9.17) is 4.74 Å². The Bertz CT molecular complexity index is 514. The molecular weight excluding hydrogens is 256 g/mol. The number of anilines is 1.